The Morgan fingerprint density at radius 1 is 1.38 bits per heavy atom. The third-order valence-electron chi connectivity index (χ3n) is 2.30. The highest BCUT2D eigenvalue weighted by Gasteiger charge is 2.18. The molecule has 0 bridgehead atoms. The summed E-state index contributed by atoms with van der Waals surface area (Å²) in [6.07, 6.45) is 0. The fraction of sp³-hybridized carbons (Fsp3) is 0.400. The van der Waals surface area contributed by atoms with Gasteiger partial charge in [0.2, 0.25) is 0 Å². The smallest absolute Gasteiger partial charge is 0.256 e. The van der Waals surface area contributed by atoms with Gasteiger partial charge in [0.05, 0.1) is 7.11 Å². The molecule has 16 heavy (non-hydrogen) atoms. The van der Waals surface area contributed by atoms with E-state index in [1.807, 2.05) is 13.8 Å². The molecule has 0 aliphatic rings. The van der Waals surface area contributed by atoms with Crippen LogP contribution in [0.25, 0.3) is 0 Å². The van der Waals surface area contributed by atoms with Gasteiger partial charge < -0.3 is 4.74 Å². The number of ether oxygens (including phenoxy) is 1. The molecule has 0 aliphatic heterocycles. The monoisotopic (exact) mass is 244 g/mol. The van der Waals surface area contributed by atoms with Crippen LogP contribution in [-0.4, -0.2) is 15.5 Å². The molecule has 0 heterocycles. The molecule has 1 rings (SSSR count). The molecule has 0 unspecified atom stereocenters. The summed E-state index contributed by atoms with van der Waals surface area (Å²) in [5.41, 5.74) is 1.01. The zero-order chi connectivity index (χ0) is 12.3. The number of rotatable bonds is 4. The van der Waals surface area contributed by atoms with Gasteiger partial charge in [-0.15, -0.1) is 4.83 Å². The second-order valence-electron chi connectivity index (χ2n) is 3.69. The highest BCUT2D eigenvalue weighted by Crippen LogP contribution is 2.27. The van der Waals surface area contributed by atoms with Gasteiger partial charge in [-0.25, -0.2) is 8.42 Å². The number of methoxy groups -OCH3 is 1. The molecule has 3 N–H and O–H groups in total. The molecule has 0 fully saturated rings. The molecular weight excluding hydrogens is 228 g/mol. The summed E-state index contributed by atoms with van der Waals surface area (Å²) in [7, 11) is -2.26. The maximum Gasteiger partial charge on any atom is 0.256 e. The Balaban J connectivity index is 3.33. The van der Waals surface area contributed by atoms with Crippen molar-refractivity contribution in [2.75, 3.05) is 7.11 Å². The number of benzene rings is 1. The van der Waals surface area contributed by atoms with E-state index in [9.17, 15) is 8.42 Å². The molecule has 1 aromatic rings. The van der Waals surface area contributed by atoms with Crippen molar-refractivity contribution in [1.82, 2.24) is 4.83 Å². The van der Waals surface area contributed by atoms with Crippen LogP contribution in [-0.2, 0) is 10.0 Å². The van der Waals surface area contributed by atoms with Crippen LogP contribution < -0.4 is 15.4 Å². The van der Waals surface area contributed by atoms with E-state index in [1.165, 1.54) is 13.2 Å². The van der Waals surface area contributed by atoms with Crippen molar-refractivity contribution >= 4 is 10.0 Å². The molecule has 0 atom stereocenters. The van der Waals surface area contributed by atoms with Gasteiger partial charge in [0, 0.05) is 0 Å². The first-order chi connectivity index (χ1) is 7.42. The molecule has 0 saturated heterocycles. The minimum atomic E-state index is -3.68. The highest BCUT2D eigenvalue weighted by atomic mass is 32.2. The Hall–Kier alpha value is -1.11. The van der Waals surface area contributed by atoms with Crippen molar-refractivity contribution in [2.45, 2.75) is 24.7 Å². The average molecular weight is 244 g/mol. The van der Waals surface area contributed by atoms with E-state index in [4.69, 9.17) is 10.6 Å². The lowest BCUT2D eigenvalue weighted by atomic mass is 10.0. The lowest BCUT2D eigenvalue weighted by Crippen LogP contribution is -2.30. The van der Waals surface area contributed by atoms with Crippen LogP contribution in [0.5, 0.6) is 5.75 Å². The fourth-order valence-electron chi connectivity index (χ4n) is 1.33. The second kappa shape index (κ2) is 4.82. The summed E-state index contributed by atoms with van der Waals surface area (Å²) in [6, 6.07) is 4.94. The molecule has 6 heteroatoms. The van der Waals surface area contributed by atoms with Gasteiger partial charge >= 0.3 is 0 Å². The molecule has 0 aromatic heterocycles. The number of hydrogen-bond donors (Lipinski definition) is 2. The first kappa shape index (κ1) is 13.0. The summed E-state index contributed by atoms with van der Waals surface area (Å²) in [5, 5.41) is 0. The van der Waals surface area contributed by atoms with E-state index in [-0.39, 0.29) is 4.90 Å². The van der Waals surface area contributed by atoms with Crippen molar-refractivity contribution in [3.63, 3.8) is 0 Å². The van der Waals surface area contributed by atoms with Crippen molar-refractivity contribution in [2.24, 2.45) is 5.84 Å². The SMILES string of the molecule is COc1cc(C(C)C)ccc1S(=O)(=O)NN. The number of hydrazine groups is 1. The van der Waals surface area contributed by atoms with Crippen molar-refractivity contribution in [3.05, 3.63) is 23.8 Å². The second-order valence-corrected chi connectivity index (χ2v) is 5.37. The molecule has 0 saturated carbocycles. The summed E-state index contributed by atoms with van der Waals surface area (Å²) in [5.74, 6) is 5.56. The van der Waals surface area contributed by atoms with Crippen molar-refractivity contribution in [3.8, 4) is 5.75 Å². The Bertz CT molecular complexity index is 469. The first-order valence-corrected chi connectivity index (χ1v) is 6.31. The average Bonchev–Trinajstić information content (AvgIpc) is 2.28. The number of sulfonamides is 1. The van der Waals surface area contributed by atoms with Gasteiger partial charge in [0.15, 0.2) is 0 Å². The van der Waals surface area contributed by atoms with Gasteiger partial charge in [-0.3, -0.25) is 5.84 Å². The van der Waals surface area contributed by atoms with Crippen LogP contribution in [0.15, 0.2) is 23.1 Å². The van der Waals surface area contributed by atoms with Gasteiger partial charge in [0.1, 0.15) is 10.6 Å². The zero-order valence-corrected chi connectivity index (χ0v) is 10.3. The van der Waals surface area contributed by atoms with Crippen LogP contribution >= 0.6 is 0 Å². The summed E-state index contributed by atoms with van der Waals surface area (Å²) in [6.45, 7) is 4.04. The first-order valence-electron chi connectivity index (χ1n) is 4.82. The number of nitrogens with one attached hydrogen (secondary N) is 1. The van der Waals surface area contributed by atoms with E-state index in [1.54, 1.807) is 17.0 Å². The van der Waals surface area contributed by atoms with Crippen LogP contribution in [0.3, 0.4) is 0 Å². The molecule has 0 aliphatic carbocycles. The van der Waals surface area contributed by atoms with E-state index < -0.39 is 10.0 Å². The third-order valence-corrected chi connectivity index (χ3v) is 3.53. The van der Waals surface area contributed by atoms with Crippen LogP contribution in [0.1, 0.15) is 25.3 Å². The minimum absolute atomic E-state index is 0.0434. The fourth-order valence-corrected chi connectivity index (χ4v) is 2.11. The predicted octanol–water partition coefficient (Wildman–Crippen LogP) is 0.971. The normalized spacial score (nSPS) is 11.8. The van der Waals surface area contributed by atoms with Crippen LogP contribution in [0, 0.1) is 0 Å². The standard InChI is InChI=1S/C10H16N2O3S/c1-7(2)8-4-5-10(9(6-8)15-3)16(13,14)12-11/h4-7,12H,11H2,1-3H3. The number of nitrogens with two attached hydrogens (primary N) is 1. The van der Waals surface area contributed by atoms with Crippen LogP contribution in [0.2, 0.25) is 0 Å². The maximum atomic E-state index is 11.5. The molecule has 0 spiro atoms. The van der Waals surface area contributed by atoms with Gasteiger partial charge in [-0.2, -0.15) is 0 Å². The topological polar surface area (TPSA) is 81.4 Å². The molecule has 0 radical (unpaired) electrons. The van der Waals surface area contributed by atoms with E-state index in [0.717, 1.165) is 5.56 Å². The molecule has 5 nitrogen and oxygen atoms in total. The maximum absolute atomic E-state index is 11.5. The third kappa shape index (κ3) is 2.52. The summed E-state index contributed by atoms with van der Waals surface area (Å²) in [4.78, 5) is 1.82. The van der Waals surface area contributed by atoms with Gasteiger partial charge in [0.25, 0.3) is 10.0 Å². The largest absolute Gasteiger partial charge is 0.495 e. The zero-order valence-electron chi connectivity index (χ0n) is 9.52. The molecule has 90 valence electrons. The van der Waals surface area contributed by atoms with Crippen molar-refractivity contribution < 1.29 is 13.2 Å². The van der Waals surface area contributed by atoms with Crippen molar-refractivity contribution in [1.29, 1.82) is 0 Å². The predicted molar refractivity (Wildman–Crippen MR) is 61.6 cm³/mol. The number of hydrogen-bond acceptors (Lipinski definition) is 4. The Kier molecular flexibility index (Phi) is 3.90. The summed E-state index contributed by atoms with van der Waals surface area (Å²) < 4.78 is 28.1. The van der Waals surface area contributed by atoms with E-state index >= 15 is 0 Å². The molecular formula is C10H16N2O3S. The van der Waals surface area contributed by atoms with E-state index in [0.29, 0.717) is 11.7 Å². The highest BCUT2D eigenvalue weighted by molar-refractivity contribution is 7.89. The quantitative estimate of drug-likeness (QED) is 0.611. The minimum Gasteiger partial charge on any atom is -0.495 e. The lowest BCUT2D eigenvalue weighted by molar-refractivity contribution is 0.401. The van der Waals surface area contributed by atoms with Gasteiger partial charge in [-0.05, 0) is 23.6 Å². The molecule has 0 amide bonds. The Morgan fingerprint density at radius 2 is 2.00 bits per heavy atom. The van der Waals surface area contributed by atoms with Gasteiger partial charge in [-0.1, -0.05) is 19.9 Å². The van der Waals surface area contributed by atoms with Crippen LogP contribution in [0.4, 0.5) is 0 Å². The van der Waals surface area contributed by atoms with E-state index in [2.05, 4.69) is 0 Å². The Labute approximate surface area is 95.6 Å². The lowest BCUT2D eigenvalue weighted by Gasteiger charge is -2.12. The summed E-state index contributed by atoms with van der Waals surface area (Å²) >= 11 is 0. The molecule has 1 aromatic carbocycles. The Morgan fingerprint density at radius 3 is 2.44 bits per heavy atom.